The van der Waals surface area contributed by atoms with E-state index in [-0.39, 0.29) is 6.04 Å². The lowest BCUT2D eigenvalue weighted by Gasteiger charge is -2.31. The van der Waals surface area contributed by atoms with Crippen LogP contribution in [0.2, 0.25) is 0 Å². The lowest BCUT2D eigenvalue weighted by Crippen LogP contribution is -2.35. The highest BCUT2D eigenvalue weighted by Gasteiger charge is 2.26. The molecule has 0 bridgehead atoms. The van der Waals surface area contributed by atoms with Gasteiger partial charge in [0.15, 0.2) is 0 Å². The van der Waals surface area contributed by atoms with Crippen molar-refractivity contribution in [3.63, 3.8) is 0 Å². The van der Waals surface area contributed by atoms with Gasteiger partial charge >= 0.3 is 0 Å². The number of hydrogen-bond donors (Lipinski definition) is 2. The summed E-state index contributed by atoms with van der Waals surface area (Å²) in [4.78, 5) is 27.0. The Balaban J connectivity index is 1.51. The minimum Gasteiger partial charge on any atom is -0.381 e. The lowest BCUT2D eigenvalue weighted by molar-refractivity contribution is 0.112. The molecule has 0 aliphatic heterocycles. The maximum Gasteiger partial charge on any atom is 0.150 e. The third-order valence-corrected chi connectivity index (χ3v) is 8.31. The Bertz CT molecular complexity index is 1340. The third-order valence-electron chi connectivity index (χ3n) is 7.51. The number of hydrogen-bond acceptors (Lipinski definition) is 8. The summed E-state index contributed by atoms with van der Waals surface area (Å²) < 4.78 is 0. The molecule has 1 fully saturated rings. The van der Waals surface area contributed by atoms with E-state index in [1.54, 1.807) is 11.8 Å². The Hall–Kier alpha value is -3.52. The number of anilines is 2. The molecule has 8 heteroatoms. The van der Waals surface area contributed by atoms with Crippen LogP contribution in [0.25, 0.3) is 0 Å². The molecular formula is C33H44N6OS. The van der Waals surface area contributed by atoms with E-state index in [1.807, 2.05) is 18.5 Å². The van der Waals surface area contributed by atoms with E-state index in [1.165, 1.54) is 17.7 Å². The zero-order valence-corrected chi connectivity index (χ0v) is 26.1. The second-order valence-corrected chi connectivity index (χ2v) is 11.7. The minimum absolute atomic E-state index is 0.0353. The van der Waals surface area contributed by atoms with Crippen LogP contribution in [0.1, 0.15) is 71.5 Å². The van der Waals surface area contributed by atoms with Crippen molar-refractivity contribution < 1.29 is 4.79 Å². The van der Waals surface area contributed by atoms with Gasteiger partial charge in [0.25, 0.3) is 0 Å². The molecule has 0 saturated heterocycles. The van der Waals surface area contributed by atoms with Crippen LogP contribution in [0.5, 0.6) is 0 Å². The molecule has 0 amide bonds. The number of allylic oxidation sites excluding steroid dienone is 1. The quantitative estimate of drug-likeness (QED) is 0.153. The maximum atomic E-state index is 12.2. The van der Waals surface area contributed by atoms with Crippen LogP contribution in [0, 0.1) is 6.92 Å². The summed E-state index contributed by atoms with van der Waals surface area (Å²) in [6.07, 6.45) is 12.2. The first-order chi connectivity index (χ1) is 19.8. The normalized spacial score (nSPS) is 14.0. The lowest BCUT2D eigenvalue weighted by atomic mass is 9.92. The van der Waals surface area contributed by atoms with E-state index in [0.717, 1.165) is 71.2 Å². The van der Waals surface area contributed by atoms with Crippen LogP contribution in [0.4, 0.5) is 11.4 Å². The van der Waals surface area contributed by atoms with Gasteiger partial charge < -0.3 is 20.4 Å². The SMILES string of the molecule is CCN(CCNc1cnc(C2CC2)nc1)/C(=C/Cc1c(C=O)cc(C)cc1C(C)Nc1ccccc1SC)N(C)C. The van der Waals surface area contributed by atoms with Gasteiger partial charge in [0.05, 0.1) is 23.9 Å². The van der Waals surface area contributed by atoms with Crippen LogP contribution in [0.15, 0.2) is 65.6 Å². The molecule has 2 aromatic carbocycles. The highest BCUT2D eigenvalue weighted by molar-refractivity contribution is 7.98. The molecule has 1 saturated carbocycles. The molecule has 0 radical (unpaired) electrons. The van der Waals surface area contributed by atoms with Crippen LogP contribution >= 0.6 is 11.8 Å². The fourth-order valence-electron chi connectivity index (χ4n) is 5.21. The number of para-hydroxylation sites is 1. The second-order valence-electron chi connectivity index (χ2n) is 10.9. The molecule has 1 aliphatic rings. The Morgan fingerprint density at radius 1 is 1.17 bits per heavy atom. The number of nitrogens with one attached hydrogen (secondary N) is 2. The van der Waals surface area contributed by atoms with Crippen LogP contribution in [0.3, 0.4) is 0 Å². The molecule has 2 N–H and O–H groups in total. The smallest absolute Gasteiger partial charge is 0.150 e. The molecule has 218 valence electrons. The van der Waals surface area contributed by atoms with Gasteiger partial charge in [-0.1, -0.05) is 23.8 Å². The number of nitrogens with zero attached hydrogens (tertiary/aromatic N) is 4. The summed E-state index contributed by atoms with van der Waals surface area (Å²) in [7, 11) is 4.15. The predicted octanol–water partition coefficient (Wildman–Crippen LogP) is 6.75. The first-order valence-corrected chi connectivity index (χ1v) is 15.7. The second kappa shape index (κ2) is 14.4. The molecule has 1 aromatic heterocycles. The average molecular weight is 573 g/mol. The van der Waals surface area contributed by atoms with E-state index in [9.17, 15) is 4.79 Å². The zero-order valence-electron chi connectivity index (χ0n) is 25.3. The highest BCUT2D eigenvalue weighted by atomic mass is 32.2. The molecule has 41 heavy (non-hydrogen) atoms. The number of carbonyl (C=O) groups excluding carboxylic acids is 1. The standard InChI is InChI=1S/C33H44N6OS/c1-7-39(17-16-34-27-20-35-33(36-21-27)25-12-13-25)32(38(4)5)15-14-28-26(22-40)18-23(2)19-29(28)24(3)37-30-10-8-9-11-31(30)41-6/h8-11,15,18-22,24-25,34,37H,7,12-14,16-17H2,1-6H3/b32-15+. The van der Waals surface area contributed by atoms with E-state index in [2.05, 4.69) is 108 Å². The average Bonchev–Trinajstić information content (AvgIpc) is 3.82. The first-order valence-electron chi connectivity index (χ1n) is 14.5. The van der Waals surface area contributed by atoms with E-state index >= 15 is 0 Å². The minimum atomic E-state index is 0.0353. The number of carbonyl (C=O) groups is 1. The number of aryl methyl sites for hydroxylation is 1. The van der Waals surface area contributed by atoms with Crippen LogP contribution < -0.4 is 10.6 Å². The third kappa shape index (κ3) is 8.03. The van der Waals surface area contributed by atoms with Crippen molar-refractivity contribution in [3.8, 4) is 0 Å². The molecule has 4 rings (SSSR count). The first kappa shape index (κ1) is 30.4. The summed E-state index contributed by atoms with van der Waals surface area (Å²) in [5.74, 6) is 2.66. The fraction of sp³-hybridized carbons (Fsp3) is 0.424. The monoisotopic (exact) mass is 572 g/mol. The zero-order chi connectivity index (χ0) is 29.4. The Morgan fingerprint density at radius 3 is 2.54 bits per heavy atom. The van der Waals surface area contributed by atoms with Crippen molar-refractivity contribution in [2.45, 2.75) is 56.9 Å². The van der Waals surface area contributed by atoms with E-state index < -0.39 is 0 Å². The van der Waals surface area contributed by atoms with E-state index in [0.29, 0.717) is 12.3 Å². The van der Waals surface area contributed by atoms with Gasteiger partial charge in [-0.3, -0.25) is 4.79 Å². The van der Waals surface area contributed by atoms with Crippen molar-refractivity contribution in [2.75, 3.05) is 50.6 Å². The summed E-state index contributed by atoms with van der Waals surface area (Å²) in [5, 5.41) is 7.18. The number of aldehydes is 1. The van der Waals surface area contributed by atoms with Crippen LogP contribution in [-0.2, 0) is 6.42 Å². The molecular weight excluding hydrogens is 528 g/mol. The number of rotatable bonds is 15. The highest BCUT2D eigenvalue weighted by Crippen LogP contribution is 2.37. The molecule has 1 unspecified atom stereocenters. The molecule has 1 aliphatic carbocycles. The maximum absolute atomic E-state index is 12.2. The summed E-state index contributed by atoms with van der Waals surface area (Å²) in [6.45, 7) is 8.87. The molecule has 1 atom stereocenters. The van der Waals surface area contributed by atoms with Gasteiger partial charge in [-0.25, -0.2) is 9.97 Å². The van der Waals surface area contributed by atoms with Gasteiger partial charge in [0.1, 0.15) is 12.1 Å². The predicted molar refractivity (Wildman–Crippen MR) is 172 cm³/mol. The number of thioether (sulfide) groups is 1. The number of likely N-dealkylation sites (N-methyl/N-ethyl adjacent to an activating group) is 1. The Kier molecular flexibility index (Phi) is 10.7. The fourth-order valence-corrected chi connectivity index (χ4v) is 5.78. The summed E-state index contributed by atoms with van der Waals surface area (Å²) >= 11 is 1.73. The molecule has 0 spiro atoms. The van der Waals surface area contributed by atoms with Gasteiger partial charge in [0.2, 0.25) is 0 Å². The van der Waals surface area contributed by atoms with Crippen molar-refractivity contribution in [2.24, 2.45) is 0 Å². The Morgan fingerprint density at radius 2 is 1.90 bits per heavy atom. The van der Waals surface area contributed by atoms with Crippen molar-refractivity contribution in [1.82, 2.24) is 19.8 Å². The van der Waals surface area contributed by atoms with Gasteiger partial charge in [-0.2, -0.15) is 0 Å². The largest absolute Gasteiger partial charge is 0.381 e. The molecule has 1 heterocycles. The Labute approximate surface area is 249 Å². The topological polar surface area (TPSA) is 73.4 Å². The van der Waals surface area contributed by atoms with Gasteiger partial charge in [-0.15, -0.1) is 11.8 Å². The van der Waals surface area contributed by atoms with Crippen molar-refractivity contribution in [3.05, 3.63) is 88.8 Å². The summed E-state index contributed by atoms with van der Waals surface area (Å²) in [6, 6.07) is 12.6. The molecule has 7 nitrogen and oxygen atoms in total. The van der Waals surface area contributed by atoms with Crippen LogP contribution in [-0.4, -0.2) is 66.0 Å². The number of aromatic nitrogens is 2. The van der Waals surface area contributed by atoms with E-state index in [4.69, 9.17) is 0 Å². The van der Waals surface area contributed by atoms with Gasteiger partial charge in [-0.05, 0) is 81.7 Å². The summed E-state index contributed by atoms with van der Waals surface area (Å²) in [5.41, 5.74) is 6.11. The van der Waals surface area contributed by atoms with Crippen molar-refractivity contribution in [1.29, 1.82) is 0 Å². The molecule has 3 aromatic rings. The number of benzene rings is 2. The van der Waals surface area contributed by atoms with Gasteiger partial charge in [0, 0.05) is 61.8 Å². The van der Waals surface area contributed by atoms with Crippen molar-refractivity contribution >= 4 is 29.4 Å².